The van der Waals surface area contributed by atoms with Gasteiger partial charge in [-0.2, -0.15) is 0 Å². The Labute approximate surface area is 241 Å². The van der Waals surface area contributed by atoms with Crippen molar-refractivity contribution in [3.8, 4) is 0 Å². The van der Waals surface area contributed by atoms with E-state index in [9.17, 15) is 26.0 Å². The molecule has 0 saturated heterocycles. The van der Waals surface area contributed by atoms with Crippen LogP contribution in [-0.4, -0.2) is 29.0 Å². The van der Waals surface area contributed by atoms with Gasteiger partial charge in [0.05, 0.1) is 23.4 Å². The molecule has 0 aromatic heterocycles. The lowest BCUT2D eigenvalue weighted by atomic mass is 10.1. The SMILES string of the molecule is CS(=O)(=O)N(Cc1c(Cl)cccc1Cl)c1ccc(C(=O)Nc2ccc(S(=O)(=O)Nc3ccc(F)cc3)cc2)cc1. The Kier molecular flexibility index (Phi) is 8.69. The van der Waals surface area contributed by atoms with E-state index in [4.69, 9.17) is 23.2 Å². The van der Waals surface area contributed by atoms with Gasteiger partial charge in [-0.3, -0.25) is 13.8 Å². The number of amides is 1. The third-order valence-corrected chi connectivity index (χ3v) is 8.95. The lowest BCUT2D eigenvalue weighted by Gasteiger charge is -2.23. The van der Waals surface area contributed by atoms with Crippen molar-refractivity contribution >= 4 is 66.2 Å². The van der Waals surface area contributed by atoms with Crippen LogP contribution >= 0.6 is 23.2 Å². The largest absolute Gasteiger partial charge is 0.322 e. The zero-order valence-electron chi connectivity index (χ0n) is 20.8. The molecule has 13 heteroatoms. The Hall–Kier alpha value is -3.64. The van der Waals surface area contributed by atoms with Gasteiger partial charge in [-0.25, -0.2) is 21.2 Å². The number of halogens is 3. The molecule has 0 aliphatic carbocycles. The van der Waals surface area contributed by atoms with E-state index >= 15 is 0 Å². The minimum absolute atomic E-state index is 0.0568. The lowest BCUT2D eigenvalue weighted by Crippen LogP contribution is -2.29. The highest BCUT2D eigenvalue weighted by Crippen LogP contribution is 2.29. The summed E-state index contributed by atoms with van der Waals surface area (Å²) in [6, 6.07) is 21.1. The van der Waals surface area contributed by atoms with Gasteiger partial charge in [-0.1, -0.05) is 29.3 Å². The van der Waals surface area contributed by atoms with Crippen molar-refractivity contribution in [2.75, 3.05) is 20.6 Å². The van der Waals surface area contributed by atoms with E-state index in [0.717, 1.165) is 22.7 Å². The molecule has 0 bridgehead atoms. The summed E-state index contributed by atoms with van der Waals surface area (Å²) in [5, 5.41) is 3.31. The van der Waals surface area contributed by atoms with Gasteiger partial charge in [0.15, 0.2) is 0 Å². The van der Waals surface area contributed by atoms with Gasteiger partial charge < -0.3 is 5.32 Å². The molecule has 4 rings (SSSR count). The van der Waals surface area contributed by atoms with Crippen molar-refractivity contribution < 1.29 is 26.0 Å². The van der Waals surface area contributed by atoms with Crippen LogP contribution in [0.2, 0.25) is 10.0 Å². The third-order valence-electron chi connectivity index (χ3n) is 5.70. The number of sulfonamides is 2. The standard InChI is InChI=1S/C27H22Cl2FN3O5S2/c1-39(35,36)33(17-24-25(28)3-2-4-26(24)29)22-13-5-18(6-14-22)27(34)31-20-11-15-23(16-12-20)40(37,38)32-21-9-7-19(30)8-10-21/h2-16,32H,17H2,1H3,(H,31,34). The molecule has 0 radical (unpaired) electrons. The molecule has 0 saturated carbocycles. The third kappa shape index (κ3) is 7.11. The van der Waals surface area contributed by atoms with Crippen LogP contribution in [0.1, 0.15) is 15.9 Å². The number of nitrogens with zero attached hydrogens (tertiary/aromatic N) is 1. The second-order valence-corrected chi connectivity index (χ2v) is 13.0. The monoisotopic (exact) mass is 621 g/mol. The van der Waals surface area contributed by atoms with Crippen molar-refractivity contribution in [2.24, 2.45) is 0 Å². The number of rotatable bonds is 9. The average Bonchev–Trinajstić information content (AvgIpc) is 2.89. The molecule has 0 fully saturated rings. The number of nitrogens with one attached hydrogen (secondary N) is 2. The van der Waals surface area contributed by atoms with Crippen molar-refractivity contribution in [3.63, 3.8) is 0 Å². The first-order chi connectivity index (χ1) is 18.8. The van der Waals surface area contributed by atoms with Crippen LogP contribution < -0.4 is 14.3 Å². The Morgan fingerprint density at radius 3 is 1.90 bits per heavy atom. The molecule has 1 amide bonds. The molecule has 208 valence electrons. The first-order valence-electron chi connectivity index (χ1n) is 11.5. The molecule has 0 aliphatic rings. The minimum atomic E-state index is -3.93. The number of anilines is 3. The second-order valence-electron chi connectivity index (χ2n) is 8.61. The van der Waals surface area contributed by atoms with Gasteiger partial charge in [0.25, 0.3) is 15.9 Å². The van der Waals surface area contributed by atoms with Crippen LogP contribution in [-0.2, 0) is 26.6 Å². The molecule has 4 aromatic carbocycles. The van der Waals surface area contributed by atoms with Gasteiger partial charge in [0.2, 0.25) is 10.0 Å². The molecule has 4 aromatic rings. The lowest BCUT2D eigenvalue weighted by molar-refractivity contribution is 0.102. The van der Waals surface area contributed by atoms with Gasteiger partial charge in [-0.05, 0) is 84.9 Å². The fourth-order valence-electron chi connectivity index (χ4n) is 3.66. The maximum atomic E-state index is 13.1. The van der Waals surface area contributed by atoms with Crippen LogP contribution in [0.3, 0.4) is 0 Å². The summed E-state index contributed by atoms with van der Waals surface area (Å²) < 4.78 is 66.8. The van der Waals surface area contributed by atoms with E-state index in [2.05, 4.69) is 10.0 Å². The summed E-state index contributed by atoms with van der Waals surface area (Å²) in [4.78, 5) is 12.7. The van der Waals surface area contributed by atoms with Gasteiger partial charge in [0, 0.05) is 32.5 Å². The van der Waals surface area contributed by atoms with Crippen molar-refractivity contribution in [1.82, 2.24) is 0 Å². The molecule has 2 N–H and O–H groups in total. The van der Waals surface area contributed by atoms with Crippen LogP contribution in [0.15, 0.2) is 95.9 Å². The fraction of sp³-hybridized carbons (Fsp3) is 0.0741. The summed E-state index contributed by atoms with van der Waals surface area (Å²) in [5.41, 5.74) is 1.52. The fourth-order valence-corrected chi connectivity index (χ4v) is 6.10. The van der Waals surface area contributed by atoms with Crippen molar-refractivity contribution in [1.29, 1.82) is 0 Å². The number of hydrogen-bond donors (Lipinski definition) is 2. The Morgan fingerprint density at radius 1 is 0.800 bits per heavy atom. The van der Waals surface area contributed by atoms with E-state index in [1.807, 2.05) is 0 Å². The summed E-state index contributed by atoms with van der Waals surface area (Å²) in [6.07, 6.45) is 1.05. The van der Waals surface area contributed by atoms with E-state index in [0.29, 0.717) is 27.0 Å². The normalized spacial score (nSPS) is 11.6. The molecule has 0 aliphatic heterocycles. The Bertz CT molecular complexity index is 1730. The van der Waals surface area contributed by atoms with Crippen molar-refractivity contribution in [2.45, 2.75) is 11.4 Å². The average molecular weight is 623 g/mol. The second kappa shape index (κ2) is 11.8. The topological polar surface area (TPSA) is 113 Å². The minimum Gasteiger partial charge on any atom is -0.322 e. The highest BCUT2D eigenvalue weighted by atomic mass is 35.5. The van der Waals surface area contributed by atoms with Gasteiger partial charge in [-0.15, -0.1) is 0 Å². The maximum Gasteiger partial charge on any atom is 0.261 e. The smallest absolute Gasteiger partial charge is 0.261 e. The van der Waals surface area contributed by atoms with Crippen LogP contribution in [0.4, 0.5) is 21.5 Å². The molecular weight excluding hydrogens is 600 g/mol. The van der Waals surface area contributed by atoms with Crippen LogP contribution in [0.5, 0.6) is 0 Å². The van der Waals surface area contributed by atoms with Crippen LogP contribution in [0, 0.1) is 5.82 Å². The zero-order chi connectivity index (χ0) is 29.1. The van der Waals surface area contributed by atoms with Crippen molar-refractivity contribution in [3.05, 3.63) is 118 Å². The molecule has 40 heavy (non-hydrogen) atoms. The summed E-state index contributed by atoms with van der Waals surface area (Å²) in [5.74, 6) is -0.987. The van der Waals surface area contributed by atoms with E-state index in [1.165, 1.54) is 60.7 Å². The highest BCUT2D eigenvalue weighted by molar-refractivity contribution is 7.92. The number of carbonyl (C=O) groups excluding carboxylic acids is 1. The van der Waals surface area contributed by atoms with Gasteiger partial charge in [0.1, 0.15) is 5.82 Å². The first kappa shape index (κ1) is 29.3. The van der Waals surface area contributed by atoms with E-state index < -0.39 is 31.8 Å². The number of benzene rings is 4. The Balaban J connectivity index is 1.46. The molecule has 0 unspecified atom stereocenters. The molecule has 0 spiro atoms. The van der Waals surface area contributed by atoms with E-state index in [1.54, 1.807) is 18.2 Å². The van der Waals surface area contributed by atoms with Gasteiger partial charge >= 0.3 is 0 Å². The predicted molar refractivity (Wildman–Crippen MR) is 156 cm³/mol. The molecule has 0 heterocycles. The molecule has 0 atom stereocenters. The summed E-state index contributed by atoms with van der Waals surface area (Å²) >= 11 is 12.4. The maximum absolute atomic E-state index is 13.1. The molecular formula is C27H22Cl2FN3O5S2. The highest BCUT2D eigenvalue weighted by Gasteiger charge is 2.21. The number of carbonyl (C=O) groups is 1. The first-order valence-corrected chi connectivity index (χ1v) is 15.6. The quantitative estimate of drug-likeness (QED) is 0.233. The van der Waals surface area contributed by atoms with Crippen LogP contribution in [0.25, 0.3) is 0 Å². The molecule has 8 nitrogen and oxygen atoms in total. The summed E-state index contributed by atoms with van der Waals surface area (Å²) in [7, 11) is -7.66. The Morgan fingerprint density at radius 2 is 1.35 bits per heavy atom. The van der Waals surface area contributed by atoms with E-state index in [-0.39, 0.29) is 22.7 Å². The summed E-state index contributed by atoms with van der Waals surface area (Å²) in [6.45, 7) is -0.103. The number of hydrogen-bond acceptors (Lipinski definition) is 5. The predicted octanol–water partition coefficient (Wildman–Crippen LogP) is 6.15. The zero-order valence-corrected chi connectivity index (χ0v) is 24.0.